The second-order valence-electron chi connectivity index (χ2n) is 3.61. The van der Waals surface area contributed by atoms with Crippen molar-refractivity contribution in [2.24, 2.45) is 0 Å². The minimum absolute atomic E-state index is 0.115. The maximum absolute atomic E-state index is 11.9. The molecule has 0 fully saturated rings. The zero-order valence-corrected chi connectivity index (χ0v) is 9.10. The predicted molar refractivity (Wildman–Crippen MR) is 60.3 cm³/mol. The quantitative estimate of drug-likeness (QED) is 0.793. The molecule has 4 nitrogen and oxygen atoms in total. The summed E-state index contributed by atoms with van der Waals surface area (Å²) in [6.07, 6.45) is 3.39. The van der Waals surface area contributed by atoms with E-state index in [0.29, 0.717) is 5.56 Å². The zero-order valence-electron chi connectivity index (χ0n) is 9.10. The first-order valence-electron chi connectivity index (χ1n) is 5.30. The number of nitrogens with zero attached hydrogens (tertiary/aromatic N) is 2. The fourth-order valence-corrected chi connectivity index (χ4v) is 1.61. The van der Waals surface area contributed by atoms with Gasteiger partial charge in [-0.15, -0.1) is 0 Å². The van der Waals surface area contributed by atoms with Crippen molar-refractivity contribution in [1.82, 2.24) is 15.2 Å². The number of aromatic amines is 1. The molecule has 0 aliphatic carbocycles. The molecule has 0 aliphatic heterocycles. The Bertz CT molecular complexity index is 477. The number of aryl methyl sites for hydroxylation is 1. The van der Waals surface area contributed by atoms with Crippen molar-refractivity contribution in [2.75, 3.05) is 0 Å². The molecular weight excluding hydrogens is 202 g/mol. The Kier molecular flexibility index (Phi) is 3.10. The van der Waals surface area contributed by atoms with E-state index >= 15 is 0 Å². The largest absolute Gasteiger partial charge is 0.285 e. The van der Waals surface area contributed by atoms with E-state index in [2.05, 4.69) is 22.1 Å². The van der Waals surface area contributed by atoms with E-state index in [1.54, 1.807) is 6.07 Å². The van der Waals surface area contributed by atoms with Crippen LogP contribution in [0.1, 0.15) is 35.1 Å². The zero-order chi connectivity index (χ0) is 11.4. The summed E-state index contributed by atoms with van der Waals surface area (Å²) in [4.78, 5) is 15.8. The lowest BCUT2D eigenvalue weighted by atomic mass is 10.0. The predicted octanol–water partition coefficient (Wildman–Crippen LogP) is 1.99. The molecule has 4 heteroatoms. The normalized spacial score (nSPS) is 10.3. The van der Waals surface area contributed by atoms with Gasteiger partial charge in [-0.05, 0) is 18.1 Å². The van der Waals surface area contributed by atoms with E-state index in [0.717, 1.165) is 12.8 Å². The third-order valence-electron chi connectivity index (χ3n) is 2.36. The van der Waals surface area contributed by atoms with Crippen LogP contribution in [-0.2, 0) is 6.42 Å². The van der Waals surface area contributed by atoms with Crippen LogP contribution in [0.15, 0.2) is 30.6 Å². The molecule has 0 bridgehead atoms. The summed E-state index contributed by atoms with van der Waals surface area (Å²) in [6.45, 7) is 2.12. The third-order valence-corrected chi connectivity index (χ3v) is 2.36. The summed E-state index contributed by atoms with van der Waals surface area (Å²) in [6, 6.07) is 7.63. The lowest BCUT2D eigenvalue weighted by Crippen LogP contribution is -2.04. The van der Waals surface area contributed by atoms with Crippen molar-refractivity contribution in [2.45, 2.75) is 19.8 Å². The number of hydrogen-bond acceptors (Lipinski definition) is 3. The molecule has 16 heavy (non-hydrogen) atoms. The number of rotatable bonds is 4. The van der Waals surface area contributed by atoms with Gasteiger partial charge in [0.25, 0.3) is 0 Å². The van der Waals surface area contributed by atoms with Crippen LogP contribution in [0.4, 0.5) is 0 Å². The minimum Gasteiger partial charge on any atom is -0.285 e. The maximum atomic E-state index is 11.9. The number of carbonyl (C=O) groups excluding carboxylic acids is 1. The minimum atomic E-state index is -0.115. The first-order chi connectivity index (χ1) is 7.81. The molecule has 0 amide bonds. The van der Waals surface area contributed by atoms with Gasteiger partial charge < -0.3 is 0 Å². The monoisotopic (exact) mass is 215 g/mol. The summed E-state index contributed by atoms with van der Waals surface area (Å²) >= 11 is 0. The molecule has 2 rings (SSSR count). The van der Waals surface area contributed by atoms with Crippen LogP contribution >= 0.6 is 0 Å². The number of hydrogen-bond donors (Lipinski definition) is 1. The van der Waals surface area contributed by atoms with Gasteiger partial charge in [-0.1, -0.05) is 31.5 Å². The van der Waals surface area contributed by atoms with Crippen LogP contribution in [0.3, 0.4) is 0 Å². The van der Waals surface area contributed by atoms with Gasteiger partial charge in [-0.25, -0.2) is 4.98 Å². The molecule has 1 aromatic heterocycles. The average molecular weight is 215 g/mol. The van der Waals surface area contributed by atoms with Crippen LogP contribution in [-0.4, -0.2) is 21.0 Å². The van der Waals surface area contributed by atoms with Crippen LogP contribution in [0.5, 0.6) is 0 Å². The van der Waals surface area contributed by atoms with Crippen molar-refractivity contribution in [3.63, 3.8) is 0 Å². The fraction of sp³-hybridized carbons (Fsp3) is 0.250. The van der Waals surface area contributed by atoms with Crippen LogP contribution in [0.25, 0.3) is 0 Å². The fourth-order valence-electron chi connectivity index (χ4n) is 1.61. The summed E-state index contributed by atoms with van der Waals surface area (Å²) in [7, 11) is 0. The van der Waals surface area contributed by atoms with E-state index in [9.17, 15) is 4.79 Å². The molecule has 1 heterocycles. The Balaban J connectivity index is 2.27. The van der Waals surface area contributed by atoms with Gasteiger partial charge in [0.2, 0.25) is 5.78 Å². The smallest absolute Gasteiger partial charge is 0.229 e. The number of benzene rings is 1. The molecule has 0 saturated carbocycles. The molecule has 0 unspecified atom stereocenters. The number of H-pyrrole nitrogens is 1. The Hall–Kier alpha value is -1.97. The van der Waals surface area contributed by atoms with E-state index in [1.165, 1.54) is 11.9 Å². The molecular formula is C12H13N3O. The summed E-state index contributed by atoms with van der Waals surface area (Å²) in [5.41, 5.74) is 1.83. The molecule has 0 aliphatic rings. The van der Waals surface area contributed by atoms with Crippen molar-refractivity contribution >= 4 is 5.78 Å². The van der Waals surface area contributed by atoms with E-state index < -0.39 is 0 Å². The highest BCUT2D eigenvalue weighted by Crippen LogP contribution is 2.10. The first-order valence-corrected chi connectivity index (χ1v) is 5.30. The van der Waals surface area contributed by atoms with E-state index in [-0.39, 0.29) is 11.6 Å². The summed E-state index contributed by atoms with van der Waals surface area (Å²) < 4.78 is 0. The highest BCUT2D eigenvalue weighted by molar-refractivity contribution is 6.06. The van der Waals surface area contributed by atoms with Gasteiger partial charge in [0.05, 0.1) is 0 Å². The Labute approximate surface area is 93.7 Å². The van der Waals surface area contributed by atoms with Crippen molar-refractivity contribution < 1.29 is 4.79 Å². The van der Waals surface area contributed by atoms with E-state index in [1.807, 2.05) is 18.2 Å². The second-order valence-corrected chi connectivity index (χ2v) is 3.61. The van der Waals surface area contributed by atoms with Crippen LogP contribution in [0.2, 0.25) is 0 Å². The number of nitrogens with one attached hydrogen (secondary N) is 1. The van der Waals surface area contributed by atoms with E-state index in [4.69, 9.17) is 0 Å². The van der Waals surface area contributed by atoms with Gasteiger partial charge in [0, 0.05) is 5.56 Å². The van der Waals surface area contributed by atoms with Crippen molar-refractivity contribution in [3.8, 4) is 0 Å². The lowest BCUT2D eigenvalue weighted by molar-refractivity contribution is 0.102. The standard InChI is InChI=1S/C12H13N3O/c1-2-4-9-5-3-6-10(7-9)11(16)12-13-8-14-15-12/h3,5-8H,2,4H2,1H3,(H,13,14,15). The molecule has 82 valence electrons. The maximum Gasteiger partial charge on any atom is 0.229 e. The molecule has 2 aromatic rings. The average Bonchev–Trinajstić information content (AvgIpc) is 2.82. The molecule has 0 radical (unpaired) electrons. The Morgan fingerprint density at radius 2 is 2.31 bits per heavy atom. The SMILES string of the molecule is CCCc1cccc(C(=O)c2ncn[nH]2)c1. The molecule has 1 N–H and O–H groups in total. The Morgan fingerprint density at radius 3 is 3.00 bits per heavy atom. The van der Waals surface area contributed by atoms with Gasteiger partial charge in [-0.2, -0.15) is 5.10 Å². The topological polar surface area (TPSA) is 58.6 Å². The highest BCUT2D eigenvalue weighted by Gasteiger charge is 2.11. The van der Waals surface area contributed by atoms with Gasteiger partial charge in [-0.3, -0.25) is 9.89 Å². The van der Waals surface area contributed by atoms with Crippen LogP contribution < -0.4 is 0 Å². The van der Waals surface area contributed by atoms with Gasteiger partial charge >= 0.3 is 0 Å². The van der Waals surface area contributed by atoms with Crippen molar-refractivity contribution in [3.05, 3.63) is 47.5 Å². The lowest BCUT2D eigenvalue weighted by Gasteiger charge is -2.01. The highest BCUT2D eigenvalue weighted by atomic mass is 16.1. The Morgan fingerprint density at radius 1 is 1.44 bits per heavy atom. The molecule has 1 aromatic carbocycles. The second kappa shape index (κ2) is 4.70. The number of ketones is 1. The first kappa shape index (κ1) is 10.5. The molecule has 0 spiro atoms. The molecule has 0 atom stereocenters. The number of aromatic nitrogens is 3. The summed E-state index contributed by atoms with van der Waals surface area (Å²) in [5, 5.41) is 6.25. The third kappa shape index (κ3) is 2.16. The molecule has 0 saturated heterocycles. The van der Waals surface area contributed by atoms with Crippen LogP contribution in [0, 0.1) is 0 Å². The van der Waals surface area contributed by atoms with Gasteiger partial charge in [0.1, 0.15) is 6.33 Å². The summed E-state index contributed by atoms with van der Waals surface area (Å²) in [5.74, 6) is 0.170. The van der Waals surface area contributed by atoms with Crippen molar-refractivity contribution in [1.29, 1.82) is 0 Å². The number of carbonyl (C=O) groups is 1. The van der Waals surface area contributed by atoms with Gasteiger partial charge in [0.15, 0.2) is 5.82 Å².